The molecule has 0 heterocycles. The molecule has 2 aromatic rings. The van der Waals surface area contributed by atoms with Crippen LogP contribution in [-0.4, -0.2) is 11.1 Å². The molecule has 0 aliphatic heterocycles. The van der Waals surface area contributed by atoms with Crippen molar-refractivity contribution in [3.8, 4) is 0 Å². The number of urea groups is 1. The fourth-order valence-electron chi connectivity index (χ4n) is 1.91. The van der Waals surface area contributed by atoms with Crippen molar-refractivity contribution in [2.45, 2.75) is 26.5 Å². The highest BCUT2D eigenvalue weighted by atomic mass is 16.3. The largest absolute Gasteiger partial charge is 0.389 e. The summed E-state index contributed by atoms with van der Waals surface area (Å²) in [5.74, 6) is 0. The molecule has 0 fully saturated rings. The summed E-state index contributed by atoms with van der Waals surface area (Å²) in [7, 11) is 0. The Morgan fingerprint density at radius 2 is 1.71 bits per heavy atom. The van der Waals surface area contributed by atoms with Crippen molar-refractivity contribution < 1.29 is 9.90 Å². The first-order valence-corrected chi connectivity index (χ1v) is 6.93. The van der Waals surface area contributed by atoms with Crippen molar-refractivity contribution in [3.63, 3.8) is 0 Å². The second-order valence-electron chi connectivity index (χ2n) is 5.09. The van der Waals surface area contributed by atoms with E-state index in [9.17, 15) is 9.90 Å². The Balaban J connectivity index is 1.84. The van der Waals surface area contributed by atoms with Crippen molar-refractivity contribution in [2.75, 3.05) is 5.32 Å². The average Bonchev–Trinajstić information content (AvgIpc) is 2.48. The maximum Gasteiger partial charge on any atom is 0.319 e. The molecule has 0 saturated heterocycles. The molecule has 1 atom stereocenters. The number of carbonyl (C=O) groups is 1. The molecule has 110 valence electrons. The highest BCUT2D eigenvalue weighted by Crippen LogP contribution is 2.12. The zero-order chi connectivity index (χ0) is 15.2. The standard InChI is InChI=1S/C17H20N2O2/c1-12-3-9-16(10-4-12)19-17(21)18-11-14-5-7-15(8-6-14)13(2)20/h3-10,13,20H,11H2,1-2H3,(H2,18,19,21). The number of anilines is 1. The summed E-state index contributed by atoms with van der Waals surface area (Å²) in [6.07, 6.45) is -0.475. The van der Waals surface area contributed by atoms with E-state index >= 15 is 0 Å². The van der Waals surface area contributed by atoms with Crippen molar-refractivity contribution in [1.82, 2.24) is 5.32 Å². The van der Waals surface area contributed by atoms with Crippen LogP contribution in [0.25, 0.3) is 0 Å². The molecule has 1 unspecified atom stereocenters. The summed E-state index contributed by atoms with van der Waals surface area (Å²) >= 11 is 0. The highest BCUT2D eigenvalue weighted by molar-refractivity contribution is 5.89. The van der Waals surface area contributed by atoms with Gasteiger partial charge in [0.2, 0.25) is 0 Å². The molecule has 21 heavy (non-hydrogen) atoms. The normalized spacial score (nSPS) is 11.8. The van der Waals surface area contributed by atoms with Gasteiger partial charge in [-0.3, -0.25) is 0 Å². The molecule has 2 amide bonds. The van der Waals surface area contributed by atoms with Crippen LogP contribution in [0.5, 0.6) is 0 Å². The van der Waals surface area contributed by atoms with Gasteiger partial charge in [0.1, 0.15) is 0 Å². The molecule has 4 nitrogen and oxygen atoms in total. The number of aliphatic hydroxyl groups excluding tert-OH is 1. The van der Waals surface area contributed by atoms with E-state index < -0.39 is 6.10 Å². The minimum atomic E-state index is -0.475. The number of hydrogen-bond donors (Lipinski definition) is 3. The molecular weight excluding hydrogens is 264 g/mol. The summed E-state index contributed by atoms with van der Waals surface area (Å²) in [5.41, 5.74) is 3.77. The Morgan fingerprint density at radius 3 is 2.29 bits per heavy atom. The van der Waals surface area contributed by atoms with E-state index in [0.29, 0.717) is 6.54 Å². The van der Waals surface area contributed by atoms with Crippen LogP contribution in [-0.2, 0) is 6.54 Å². The summed E-state index contributed by atoms with van der Waals surface area (Å²) in [4.78, 5) is 11.8. The number of hydrogen-bond acceptors (Lipinski definition) is 2. The lowest BCUT2D eigenvalue weighted by Crippen LogP contribution is -2.28. The number of aryl methyl sites for hydroxylation is 1. The van der Waals surface area contributed by atoms with E-state index in [0.717, 1.165) is 22.4 Å². The quantitative estimate of drug-likeness (QED) is 0.806. The van der Waals surface area contributed by atoms with Gasteiger partial charge in [0, 0.05) is 12.2 Å². The third-order valence-corrected chi connectivity index (χ3v) is 3.22. The van der Waals surface area contributed by atoms with Gasteiger partial charge < -0.3 is 15.7 Å². The maximum absolute atomic E-state index is 11.8. The number of rotatable bonds is 4. The Bertz CT molecular complexity index is 589. The van der Waals surface area contributed by atoms with Crippen LogP contribution in [0.4, 0.5) is 10.5 Å². The third kappa shape index (κ3) is 4.61. The van der Waals surface area contributed by atoms with E-state index in [4.69, 9.17) is 0 Å². The molecule has 2 rings (SSSR count). The van der Waals surface area contributed by atoms with Crippen LogP contribution in [0.1, 0.15) is 29.7 Å². The lowest BCUT2D eigenvalue weighted by Gasteiger charge is -2.09. The van der Waals surface area contributed by atoms with E-state index in [1.54, 1.807) is 6.92 Å². The van der Waals surface area contributed by atoms with Crippen LogP contribution in [0.2, 0.25) is 0 Å². The van der Waals surface area contributed by atoms with E-state index in [1.807, 2.05) is 55.5 Å². The molecule has 0 bridgehead atoms. The van der Waals surface area contributed by atoms with Crippen molar-refractivity contribution in [2.24, 2.45) is 0 Å². The first-order chi connectivity index (χ1) is 10.0. The van der Waals surface area contributed by atoms with Crippen LogP contribution in [0.3, 0.4) is 0 Å². The molecule has 0 aromatic heterocycles. The molecular formula is C17H20N2O2. The number of aliphatic hydroxyl groups is 1. The summed E-state index contributed by atoms with van der Waals surface area (Å²) in [6.45, 7) is 4.17. The number of carbonyl (C=O) groups excluding carboxylic acids is 1. The Kier molecular flexibility index (Phi) is 4.95. The summed E-state index contributed by atoms with van der Waals surface area (Å²) < 4.78 is 0. The zero-order valence-corrected chi connectivity index (χ0v) is 12.3. The molecule has 4 heteroatoms. The SMILES string of the molecule is Cc1ccc(NC(=O)NCc2ccc(C(C)O)cc2)cc1. The molecule has 3 N–H and O–H groups in total. The Morgan fingerprint density at radius 1 is 1.10 bits per heavy atom. The molecule has 0 spiro atoms. The molecule has 2 aromatic carbocycles. The van der Waals surface area contributed by atoms with Crippen molar-refractivity contribution in [3.05, 3.63) is 65.2 Å². The zero-order valence-electron chi connectivity index (χ0n) is 12.3. The van der Waals surface area contributed by atoms with Crippen LogP contribution in [0.15, 0.2) is 48.5 Å². The second kappa shape index (κ2) is 6.90. The van der Waals surface area contributed by atoms with Gasteiger partial charge in [0.15, 0.2) is 0 Å². The van der Waals surface area contributed by atoms with Gasteiger partial charge in [-0.1, -0.05) is 42.0 Å². The summed E-state index contributed by atoms with van der Waals surface area (Å²) in [5, 5.41) is 15.0. The van der Waals surface area contributed by atoms with Gasteiger partial charge in [-0.15, -0.1) is 0 Å². The van der Waals surface area contributed by atoms with E-state index in [-0.39, 0.29) is 6.03 Å². The van der Waals surface area contributed by atoms with Crippen LogP contribution < -0.4 is 10.6 Å². The van der Waals surface area contributed by atoms with Gasteiger partial charge in [0.25, 0.3) is 0 Å². The minimum Gasteiger partial charge on any atom is -0.389 e. The third-order valence-electron chi connectivity index (χ3n) is 3.22. The topological polar surface area (TPSA) is 61.4 Å². The van der Waals surface area contributed by atoms with Gasteiger partial charge in [-0.25, -0.2) is 4.79 Å². The molecule has 0 aliphatic carbocycles. The second-order valence-corrected chi connectivity index (χ2v) is 5.09. The molecule has 0 radical (unpaired) electrons. The number of nitrogens with one attached hydrogen (secondary N) is 2. The van der Waals surface area contributed by atoms with Crippen LogP contribution >= 0.6 is 0 Å². The van der Waals surface area contributed by atoms with Gasteiger partial charge in [0.05, 0.1) is 6.10 Å². The maximum atomic E-state index is 11.8. The fourth-order valence-corrected chi connectivity index (χ4v) is 1.91. The van der Waals surface area contributed by atoms with Gasteiger partial charge >= 0.3 is 6.03 Å². The van der Waals surface area contributed by atoms with Gasteiger partial charge in [-0.05, 0) is 37.1 Å². The van der Waals surface area contributed by atoms with Crippen molar-refractivity contribution >= 4 is 11.7 Å². The smallest absolute Gasteiger partial charge is 0.319 e. The average molecular weight is 284 g/mol. The first-order valence-electron chi connectivity index (χ1n) is 6.93. The lowest BCUT2D eigenvalue weighted by molar-refractivity contribution is 0.199. The van der Waals surface area contributed by atoms with Crippen LogP contribution in [0, 0.1) is 6.92 Å². The number of benzene rings is 2. The minimum absolute atomic E-state index is 0.238. The fraction of sp³-hybridized carbons (Fsp3) is 0.235. The van der Waals surface area contributed by atoms with Crippen molar-refractivity contribution in [1.29, 1.82) is 0 Å². The predicted octanol–water partition coefficient (Wildman–Crippen LogP) is 3.37. The highest BCUT2D eigenvalue weighted by Gasteiger charge is 2.03. The monoisotopic (exact) mass is 284 g/mol. The molecule has 0 aliphatic rings. The van der Waals surface area contributed by atoms with E-state index in [2.05, 4.69) is 10.6 Å². The molecule has 0 saturated carbocycles. The lowest BCUT2D eigenvalue weighted by atomic mass is 10.1. The predicted molar refractivity (Wildman–Crippen MR) is 84.1 cm³/mol. The van der Waals surface area contributed by atoms with E-state index in [1.165, 1.54) is 0 Å². The van der Waals surface area contributed by atoms with Gasteiger partial charge in [-0.2, -0.15) is 0 Å². The first kappa shape index (κ1) is 15.1. The summed E-state index contributed by atoms with van der Waals surface area (Å²) in [6, 6.07) is 14.9. The Labute approximate surface area is 124 Å². The Hall–Kier alpha value is -2.33. The number of amides is 2.